The molecular weight excluding hydrogens is 455 g/mol. The molecule has 0 aliphatic heterocycles. The molecule has 0 saturated heterocycles. The number of rotatable bonds is 11. The lowest BCUT2D eigenvalue weighted by Crippen LogP contribution is -2.26. The van der Waals surface area contributed by atoms with Crippen molar-refractivity contribution in [1.29, 1.82) is 0 Å². The zero-order chi connectivity index (χ0) is 26.2. The lowest BCUT2D eigenvalue weighted by molar-refractivity contribution is 0.0940. The summed E-state index contributed by atoms with van der Waals surface area (Å²) in [5.74, 6) is 5.06. The highest BCUT2D eigenvalue weighted by atomic mass is 19.1. The quantitative estimate of drug-likeness (QED) is 0.271. The van der Waals surface area contributed by atoms with Crippen LogP contribution < -0.4 is 0 Å². The first-order chi connectivity index (χ1) is 18.0. The Labute approximate surface area is 227 Å². The Kier molecular flexibility index (Phi) is 11.1. The van der Waals surface area contributed by atoms with E-state index in [0.717, 1.165) is 48.0 Å². The van der Waals surface area contributed by atoms with Gasteiger partial charge in [-0.15, -0.1) is 0 Å². The van der Waals surface area contributed by atoms with Crippen LogP contribution in [0.3, 0.4) is 0 Å². The number of Topliss-reactive ketones (excluding diaryl/α,β-unsaturated/α-hetero) is 1. The molecule has 0 heterocycles. The largest absolute Gasteiger partial charge is 0.294 e. The molecule has 4 rings (SSSR count). The summed E-state index contributed by atoms with van der Waals surface area (Å²) in [5, 5.41) is 0. The molecular formula is C35H55FO. The first-order valence-electron chi connectivity index (χ1n) is 16.3. The Morgan fingerprint density at radius 1 is 0.703 bits per heavy atom. The third kappa shape index (κ3) is 7.92. The molecule has 0 unspecified atom stereocenters. The number of halogens is 1. The van der Waals surface area contributed by atoms with E-state index >= 15 is 4.39 Å². The van der Waals surface area contributed by atoms with Crippen LogP contribution in [0.25, 0.3) is 0 Å². The molecule has 0 radical (unpaired) electrons. The van der Waals surface area contributed by atoms with Gasteiger partial charge in [0.1, 0.15) is 5.82 Å². The molecule has 3 saturated carbocycles. The van der Waals surface area contributed by atoms with E-state index in [0.29, 0.717) is 23.5 Å². The minimum atomic E-state index is -0.116. The summed E-state index contributed by atoms with van der Waals surface area (Å²) in [4.78, 5) is 13.1. The zero-order valence-electron chi connectivity index (χ0n) is 24.3. The Morgan fingerprint density at radius 3 is 1.68 bits per heavy atom. The zero-order valence-corrected chi connectivity index (χ0v) is 24.3. The number of aryl methyl sites for hydroxylation is 1. The van der Waals surface area contributed by atoms with Crippen LogP contribution in [0.15, 0.2) is 12.1 Å². The Bertz CT molecular complexity index is 835. The second-order valence-electron chi connectivity index (χ2n) is 13.4. The number of hydrogen-bond acceptors (Lipinski definition) is 1. The smallest absolute Gasteiger partial charge is 0.163 e. The van der Waals surface area contributed by atoms with Crippen LogP contribution in [0.5, 0.6) is 0 Å². The summed E-state index contributed by atoms with van der Waals surface area (Å²) in [7, 11) is 0. The molecule has 3 aliphatic rings. The summed E-state index contributed by atoms with van der Waals surface area (Å²) in [5.41, 5.74) is 2.04. The summed E-state index contributed by atoms with van der Waals surface area (Å²) in [6, 6.07) is 3.86. The molecule has 3 fully saturated rings. The molecule has 208 valence electrons. The molecule has 0 spiro atoms. The minimum absolute atomic E-state index is 0.116. The summed E-state index contributed by atoms with van der Waals surface area (Å²) >= 11 is 0. The maximum absolute atomic E-state index is 15.3. The van der Waals surface area contributed by atoms with Gasteiger partial charge in [0, 0.05) is 12.0 Å². The third-order valence-electron chi connectivity index (χ3n) is 10.9. The normalized spacial score (nSPS) is 30.8. The molecule has 37 heavy (non-hydrogen) atoms. The Morgan fingerprint density at radius 2 is 1.16 bits per heavy atom. The van der Waals surface area contributed by atoms with Crippen LogP contribution in [-0.4, -0.2) is 5.78 Å². The van der Waals surface area contributed by atoms with Crippen LogP contribution in [0.2, 0.25) is 0 Å². The van der Waals surface area contributed by atoms with E-state index in [1.54, 1.807) is 0 Å². The molecule has 0 atom stereocenters. The highest BCUT2D eigenvalue weighted by molar-refractivity contribution is 5.97. The van der Waals surface area contributed by atoms with Crippen molar-refractivity contribution in [1.82, 2.24) is 0 Å². The van der Waals surface area contributed by atoms with Gasteiger partial charge in [0.2, 0.25) is 0 Å². The average Bonchev–Trinajstić information content (AvgIpc) is 2.92. The molecule has 0 amide bonds. The number of carbonyl (C=O) groups excluding carboxylic acids is 1. The predicted molar refractivity (Wildman–Crippen MR) is 155 cm³/mol. The van der Waals surface area contributed by atoms with Gasteiger partial charge in [0.05, 0.1) is 0 Å². The van der Waals surface area contributed by atoms with E-state index in [4.69, 9.17) is 0 Å². The van der Waals surface area contributed by atoms with Crippen molar-refractivity contribution in [2.75, 3.05) is 0 Å². The molecule has 3 aliphatic carbocycles. The highest BCUT2D eigenvalue weighted by Crippen LogP contribution is 2.43. The van der Waals surface area contributed by atoms with Gasteiger partial charge in [-0.05, 0) is 105 Å². The lowest BCUT2D eigenvalue weighted by Gasteiger charge is -2.38. The average molecular weight is 511 g/mol. The number of hydrogen-bond donors (Lipinski definition) is 0. The number of carbonyl (C=O) groups is 1. The molecule has 2 heteroatoms. The van der Waals surface area contributed by atoms with Gasteiger partial charge < -0.3 is 0 Å². The topological polar surface area (TPSA) is 17.1 Å². The van der Waals surface area contributed by atoms with Gasteiger partial charge in [-0.3, -0.25) is 4.79 Å². The van der Waals surface area contributed by atoms with Gasteiger partial charge in [0.15, 0.2) is 5.78 Å². The molecule has 0 aromatic heterocycles. The molecule has 0 N–H and O–H groups in total. The highest BCUT2D eigenvalue weighted by Gasteiger charge is 2.31. The minimum Gasteiger partial charge on any atom is -0.294 e. The van der Waals surface area contributed by atoms with Crippen molar-refractivity contribution in [3.63, 3.8) is 0 Å². The van der Waals surface area contributed by atoms with Crippen molar-refractivity contribution >= 4 is 5.78 Å². The first kappa shape index (κ1) is 28.8. The van der Waals surface area contributed by atoms with E-state index in [1.165, 1.54) is 103 Å². The number of benzene rings is 1. The second kappa shape index (κ2) is 14.3. The van der Waals surface area contributed by atoms with Gasteiger partial charge >= 0.3 is 0 Å². The van der Waals surface area contributed by atoms with Gasteiger partial charge in [-0.25, -0.2) is 4.39 Å². The van der Waals surface area contributed by atoms with E-state index < -0.39 is 0 Å². The Balaban J connectivity index is 1.21. The van der Waals surface area contributed by atoms with E-state index in [9.17, 15) is 4.79 Å². The van der Waals surface area contributed by atoms with Gasteiger partial charge in [0.25, 0.3) is 0 Å². The van der Waals surface area contributed by atoms with E-state index in [1.807, 2.05) is 19.1 Å². The molecule has 0 bridgehead atoms. The van der Waals surface area contributed by atoms with Crippen LogP contribution in [0.4, 0.5) is 4.39 Å². The lowest BCUT2D eigenvalue weighted by atomic mass is 9.68. The van der Waals surface area contributed by atoms with Crippen LogP contribution in [0.1, 0.15) is 151 Å². The second-order valence-corrected chi connectivity index (χ2v) is 13.4. The summed E-state index contributed by atoms with van der Waals surface area (Å²) in [6.07, 6.45) is 24.1. The summed E-state index contributed by atoms with van der Waals surface area (Å²) < 4.78 is 15.3. The van der Waals surface area contributed by atoms with Gasteiger partial charge in [-0.2, -0.15) is 0 Å². The van der Waals surface area contributed by atoms with Crippen molar-refractivity contribution in [2.45, 2.75) is 143 Å². The fraction of sp³-hybridized carbons (Fsp3) is 0.800. The molecule has 1 aromatic carbocycles. The fourth-order valence-corrected chi connectivity index (χ4v) is 8.41. The number of ketones is 1. The fourth-order valence-electron chi connectivity index (χ4n) is 8.41. The van der Waals surface area contributed by atoms with Crippen molar-refractivity contribution in [3.05, 3.63) is 34.6 Å². The van der Waals surface area contributed by atoms with Crippen LogP contribution in [-0.2, 0) is 6.42 Å². The van der Waals surface area contributed by atoms with E-state index in [2.05, 4.69) is 13.8 Å². The first-order valence-corrected chi connectivity index (χ1v) is 16.3. The van der Waals surface area contributed by atoms with Crippen molar-refractivity contribution in [2.24, 2.45) is 35.5 Å². The predicted octanol–water partition coefficient (Wildman–Crippen LogP) is 10.7. The SMILES string of the molecule is CCCC1CCC(CC(=O)c2ccc(CCC3CCC(C4CCC(CCC)CC4)CC3)c(F)c2C)CC1. The van der Waals surface area contributed by atoms with E-state index in [-0.39, 0.29) is 11.6 Å². The maximum atomic E-state index is 15.3. The summed E-state index contributed by atoms with van der Waals surface area (Å²) in [6.45, 7) is 6.42. The monoisotopic (exact) mass is 510 g/mol. The maximum Gasteiger partial charge on any atom is 0.163 e. The van der Waals surface area contributed by atoms with Crippen LogP contribution >= 0.6 is 0 Å². The van der Waals surface area contributed by atoms with Crippen molar-refractivity contribution in [3.8, 4) is 0 Å². The standard InChI is InChI=1S/C35H55FO/c1-4-6-26-8-10-29(11-9-26)24-34(37)33-23-22-32(35(36)25(33)3)21-16-28-14-19-31(20-15-28)30-17-12-27(7-5-2)13-18-30/h22-23,26-31H,4-21,24H2,1-3H3. The van der Waals surface area contributed by atoms with Crippen LogP contribution in [0, 0.1) is 48.2 Å². The van der Waals surface area contributed by atoms with Gasteiger partial charge in [-0.1, -0.05) is 90.2 Å². The molecule has 1 nitrogen and oxygen atoms in total. The Hall–Kier alpha value is -1.18. The van der Waals surface area contributed by atoms with Crippen molar-refractivity contribution < 1.29 is 9.18 Å². The third-order valence-corrected chi connectivity index (χ3v) is 10.9. The molecule has 1 aromatic rings.